The fourth-order valence-electron chi connectivity index (χ4n) is 7.20. The largest absolute Gasteiger partial charge is 0.456 e. The predicted molar refractivity (Wildman–Crippen MR) is 210 cm³/mol. The maximum absolute atomic E-state index is 6.34. The molecule has 0 amide bonds. The van der Waals surface area contributed by atoms with Crippen LogP contribution >= 0.6 is 11.3 Å². The average Bonchev–Trinajstić information content (AvgIpc) is 3.71. The maximum atomic E-state index is 6.34. The Labute approximate surface area is 287 Å². The summed E-state index contributed by atoms with van der Waals surface area (Å²) in [6, 6.07) is 63.3. The number of furan rings is 1. The minimum Gasteiger partial charge on any atom is -0.456 e. The van der Waals surface area contributed by atoms with E-state index in [-0.39, 0.29) is 0 Å². The lowest BCUT2D eigenvalue weighted by Gasteiger charge is -2.26. The average molecular weight is 644 g/mol. The Hall–Kier alpha value is -6.16. The Morgan fingerprint density at radius 1 is 0.347 bits per heavy atom. The molecule has 0 saturated heterocycles. The molecule has 0 unspecified atom stereocenters. The van der Waals surface area contributed by atoms with Crippen molar-refractivity contribution in [1.29, 1.82) is 0 Å². The number of thiophene rings is 1. The quantitative estimate of drug-likeness (QED) is 0.186. The summed E-state index contributed by atoms with van der Waals surface area (Å²) in [5.41, 5.74) is 9.77. The summed E-state index contributed by atoms with van der Waals surface area (Å²) in [7, 11) is 0. The molecule has 0 N–H and O–H groups in total. The van der Waals surface area contributed by atoms with Crippen LogP contribution in [0, 0.1) is 0 Å². The highest BCUT2D eigenvalue weighted by atomic mass is 32.1. The van der Waals surface area contributed by atoms with Gasteiger partial charge in [-0.2, -0.15) is 0 Å². The fraction of sp³-hybridized carbons (Fsp3) is 0. The second-order valence-electron chi connectivity index (χ2n) is 12.6. The van der Waals surface area contributed by atoms with Crippen LogP contribution in [-0.4, -0.2) is 0 Å². The molecule has 0 fully saturated rings. The third-order valence-electron chi connectivity index (χ3n) is 9.63. The molecule has 8 aromatic carbocycles. The highest BCUT2D eigenvalue weighted by Crippen LogP contribution is 2.42. The van der Waals surface area contributed by atoms with Crippen LogP contribution in [0.4, 0.5) is 17.1 Å². The maximum Gasteiger partial charge on any atom is 0.137 e. The van der Waals surface area contributed by atoms with Crippen LogP contribution in [0.3, 0.4) is 0 Å². The molecule has 10 rings (SSSR count). The summed E-state index contributed by atoms with van der Waals surface area (Å²) >= 11 is 1.87. The molecule has 3 heteroatoms. The molecule has 10 aromatic rings. The monoisotopic (exact) mass is 643 g/mol. The van der Waals surface area contributed by atoms with E-state index >= 15 is 0 Å². The number of hydrogen-bond acceptors (Lipinski definition) is 3. The van der Waals surface area contributed by atoms with Gasteiger partial charge in [-0.15, -0.1) is 11.3 Å². The first-order chi connectivity index (χ1) is 24.2. The number of hydrogen-bond donors (Lipinski definition) is 0. The van der Waals surface area contributed by atoms with Gasteiger partial charge in [-0.3, -0.25) is 0 Å². The molecular weight excluding hydrogens is 615 g/mol. The molecule has 0 aliphatic heterocycles. The van der Waals surface area contributed by atoms with E-state index in [4.69, 9.17) is 4.42 Å². The van der Waals surface area contributed by atoms with Gasteiger partial charge in [0.15, 0.2) is 0 Å². The highest BCUT2D eigenvalue weighted by molar-refractivity contribution is 7.25. The van der Waals surface area contributed by atoms with Crippen LogP contribution in [0.1, 0.15) is 0 Å². The molecular formula is C46H29NOS. The Morgan fingerprint density at radius 3 is 1.86 bits per heavy atom. The minimum atomic E-state index is 0.878. The molecule has 49 heavy (non-hydrogen) atoms. The molecule has 0 atom stereocenters. The molecule has 0 bridgehead atoms. The van der Waals surface area contributed by atoms with Crippen molar-refractivity contribution in [2.24, 2.45) is 0 Å². The molecule has 0 spiro atoms. The molecule has 0 aliphatic rings. The first-order valence-corrected chi connectivity index (χ1v) is 17.4. The van der Waals surface area contributed by atoms with E-state index in [0.29, 0.717) is 0 Å². The lowest BCUT2D eigenvalue weighted by molar-refractivity contribution is 0.669. The van der Waals surface area contributed by atoms with Crippen LogP contribution in [-0.2, 0) is 0 Å². The van der Waals surface area contributed by atoms with Crippen molar-refractivity contribution in [3.05, 3.63) is 176 Å². The van der Waals surface area contributed by atoms with Gasteiger partial charge in [-0.25, -0.2) is 0 Å². The SMILES string of the molecule is c1ccc(-c2cccc(N(c3ccc(-c4ccc5sc6cc7ccccc7cc6c5c4)cc3)c3ccc4c(c3)oc3ccccc34)c2)cc1. The van der Waals surface area contributed by atoms with Crippen LogP contribution in [0.5, 0.6) is 0 Å². The van der Waals surface area contributed by atoms with Crippen molar-refractivity contribution in [2.45, 2.75) is 0 Å². The Morgan fingerprint density at radius 2 is 0.980 bits per heavy atom. The van der Waals surface area contributed by atoms with Crippen LogP contribution in [0.2, 0.25) is 0 Å². The Bertz CT molecular complexity index is 2830. The first-order valence-electron chi connectivity index (χ1n) is 16.6. The summed E-state index contributed by atoms with van der Waals surface area (Å²) in [5, 5.41) is 7.46. The van der Waals surface area contributed by atoms with E-state index in [1.807, 2.05) is 23.5 Å². The second-order valence-corrected chi connectivity index (χ2v) is 13.7. The molecule has 2 aromatic heterocycles. The van der Waals surface area contributed by atoms with Crippen LogP contribution < -0.4 is 4.90 Å². The molecule has 0 saturated carbocycles. The number of benzene rings is 8. The van der Waals surface area contributed by atoms with Gasteiger partial charge in [0.05, 0.1) is 0 Å². The van der Waals surface area contributed by atoms with Crippen molar-refractivity contribution >= 4 is 81.3 Å². The number of nitrogens with zero attached hydrogens (tertiary/aromatic N) is 1. The van der Waals surface area contributed by atoms with E-state index < -0.39 is 0 Å². The van der Waals surface area contributed by atoms with E-state index in [0.717, 1.165) is 39.0 Å². The summed E-state index contributed by atoms with van der Waals surface area (Å²) in [6.07, 6.45) is 0. The standard InChI is InChI=1S/C46H29NOS/c1-2-9-30(10-3-1)32-13-8-14-37(25-32)47(38-22-23-40-39-15-6-7-16-43(39)48-44(40)29-38)36-20-17-31(18-21-36)35-19-24-45-41(27-35)42-26-33-11-4-5-12-34(33)28-46(42)49-45/h1-29H. The summed E-state index contributed by atoms with van der Waals surface area (Å²) in [6.45, 7) is 0. The molecule has 230 valence electrons. The van der Waals surface area contributed by atoms with Gasteiger partial charge in [0.2, 0.25) is 0 Å². The normalized spacial score (nSPS) is 11.7. The van der Waals surface area contributed by atoms with Gasteiger partial charge < -0.3 is 9.32 Å². The van der Waals surface area contributed by atoms with E-state index in [1.165, 1.54) is 53.2 Å². The van der Waals surface area contributed by atoms with Crippen molar-refractivity contribution in [3.63, 3.8) is 0 Å². The highest BCUT2D eigenvalue weighted by Gasteiger charge is 2.17. The van der Waals surface area contributed by atoms with Crippen molar-refractivity contribution < 1.29 is 4.42 Å². The van der Waals surface area contributed by atoms with Crippen molar-refractivity contribution in [3.8, 4) is 22.3 Å². The lowest BCUT2D eigenvalue weighted by atomic mass is 10.0. The van der Waals surface area contributed by atoms with Crippen molar-refractivity contribution in [2.75, 3.05) is 4.90 Å². The second kappa shape index (κ2) is 11.2. The van der Waals surface area contributed by atoms with Crippen LogP contribution in [0.15, 0.2) is 180 Å². The summed E-state index contributed by atoms with van der Waals surface area (Å²) < 4.78 is 8.99. The smallest absolute Gasteiger partial charge is 0.137 e. The van der Waals surface area contributed by atoms with Crippen molar-refractivity contribution in [1.82, 2.24) is 0 Å². The summed E-state index contributed by atoms with van der Waals surface area (Å²) in [5.74, 6) is 0. The number of fused-ring (bicyclic) bond motifs is 7. The lowest BCUT2D eigenvalue weighted by Crippen LogP contribution is -2.10. The van der Waals surface area contributed by atoms with E-state index in [2.05, 4.69) is 169 Å². The fourth-order valence-corrected chi connectivity index (χ4v) is 8.32. The molecule has 2 nitrogen and oxygen atoms in total. The van der Waals surface area contributed by atoms with Gasteiger partial charge in [-0.1, -0.05) is 103 Å². The summed E-state index contributed by atoms with van der Waals surface area (Å²) in [4.78, 5) is 2.32. The number of rotatable bonds is 5. The Kier molecular flexibility index (Phi) is 6.39. The van der Waals surface area contributed by atoms with Gasteiger partial charge in [0.25, 0.3) is 0 Å². The Balaban J connectivity index is 1.08. The third-order valence-corrected chi connectivity index (χ3v) is 10.8. The van der Waals surface area contributed by atoms with Gasteiger partial charge >= 0.3 is 0 Å². The van der Waals surface area contributed by atoms with E-state index in [9.17, 15) is 0 Å². The topological polar surface area (TPSA) is 16.4 Å². The first kappa shape index (κ1) is 27.9. The zero-order chi connectivity index (χ0) is 32.3. The third kappa shape index (κ3) is 4.78. The molecule has 2 heterocycles. The van der Waals surface area contributed by atoms with Gasteiger partial charge in [0.1, 0.15) is 11.2 Å². The minimum absolute atomic E-state index is 0.878. The molecule has 0 aliphatic carbocycles. The van der Waals surface area contributed by atoms with Crippen LogP contribution in [0.25, 0.3) is 75.1 Å². The van der Waals surface area contributed by atoms with E-state index in [1.54, 1.807) is 0 Å². The number of anilines is 3. The molecule has 0 radical (unpaired) electrons. The zero-order valence-corrected chi connectivity index (χ0v) is 27.3. The predicted octanol–water partition coefficient (Wildman–Crippen LogP) is 13.9. The number of para-hydroxylation sites is 1. The zero-order valence-electron chi connectivity index (χ0n) is 26.5. The van der Waals surface area contributed by atoms with Gasteiger partial charge in [0, 0.05) is 54.1 Å². The van der Waals surface area contributed by atoms with Gasteiger partial charge in [-0.05, 0) is 99.8 Å².